The molecule has 0 aromatic heterocycles. The van der Waals surface area contributed by atoms with Crippen LogP contribution in [0.3, 0.4) is 0 Å². The summed E-state index contributed by atoms with van der Waals surface area (Å²) in [6.45, 7) is 3.72. The lowest BCUT2D eigenvalue weighted by molar-refractivity contribution is 1.80. The second-order valence-corrected chi connectivity index (χ2v) is 1.39. The van der Waals surface area contributed by atoms with Gasteiger partial charge in [-0.3, -0.25) is 0 Å². The van der Waals surface area contributed by atoms with Gasteiger partial charge in [-0.15, -0.1) is 0 Å². The SMILES string of the molecule is C/C=N\S/N=C\C. The van der Waals surface area contributed by atoms with E-state index in [0.717, 1.165) is 0 Å². The lowest BCUT2D eigenvalue weighted by Crippen LogP contribution is -1.52. The van der Waals surface area contributed by atoms with Crippen molar-refractivity contribution in [1.82, 2.24) is 0 Å². The van der Waals surface area contributed by atoms with E-state index in [1.807, 2.05) is 13.8 Å². The van der Waals surface area contributed by atoms with Crippen LogP contribution in [0.15, 0.2) is 8.80 Å². The van der Waals surface area contributed by atoms with Gasteiger partial charge in [-0.25, -0.2) is 8.80 Å². The summed E-state index contributed by atoms with van der Waals surface area (Å²) in [7, 11) is 0. The molecule has 0 bridgehead atoms. The molecule has 0 aliphatic carbocycles. The van der Waals surface area contributed by atoms with Crippen LogP contribution in [0.2, 0.25) is 0 Å². The molecule has 0 saturated heterocycles. The predicted octanol–water partition coefficient (Wildman–Crippen LogP) is 1.73. The second kappa shape index (κ2) is 5.69. The van der Waals surface area contributed by atoms with Crippen molar-refractivity contribution in [3.8, 4) is 0 Å². The van der Waals surface area contributed by atoms with Gasteiger partial charge in [-0.05, 0) is 13.8 Å². The quantitative estimate of drug-likeness (QED) is 0.398. The van der Waals surface area contributed by atoms with Gasteiger partial charge in [0.15, 0.2) is 0 Å². The Balaban J connectivity index is 2.98. The van der Waals surface area contributed by atoms with Gasteiger partial charge in [0.05, 0.1) is 0 Å². The fourth-order valence-electron chi connectivity index (χ4n) is 0.121. The summed E-state index contributed by atoms with van der Waals surface area (Å²) in [5, 5.41) is 0. The Morgan fingerprint density at radius 3 is 1.86 bits per heavy atom. The third-order valence-corrected chi connectivity index (χ3v) is 0.915. The summed E-state index contributed by atoms with van der Waals surface area (Å²) < 4.78 is 7.51. The first kappa shape index (κ1) is 6.69. The van der Waals surface area contributed by atoms with Crippen LogP contribution in [0.25, 0.3) is 0 Å². The standard InChI is InChI=1S/C4H8N2S/c1-3-5-7-6-4-2/h3-4H,1-2H3/b5-3-,6-4-. The van der Waals surface area contributed by atoms with Gasteiger partial charge < -0.3 is 0 Å². The van der Waals surface area contributed by atoms with Crippen LogP contribution in [-0.2, 0) is 0 Å². The zero-order valence-electron chi connectivity index (χ0n) is 4.46. The molecule has 0 aromatic carbocycles. The lowest BCUT2D eigenvalue weighted by atomic mass is 10.9. The molecule has 0 atom stereocenters. The highest BCUT2D eigenvalue weighted by Crippen LogP contribution is 1.98. The molecular formula is C4H8N2S. The first-order chi connectivity index (χ1) is 3.41. The normalized spacial score (nSPS) is 11.7. The average molecular weight is 116 g/mol. The monoisotopic (exact) mass is 116 g/mol. The summed E-state index contributed by atoms with van der Waals surface area (Å²) in [4.78, 5) is 0. The molecule has 0 N–H and O–H groups in total. The minimum Gasteiger partial charge on any atom is -0.206 e. The Morgan fingerprint density at radius 2 is 1.57 bits per heavy atom. The van der Waals surface area contributed by atoms with Crippen molar-refractivity contribution < 1.29 is 0 Å². The lowest BCUT2D eigenvalue weighted by Gasteiger charge is -1.73. The maximum atomic E-state index is 3.76. The van der Waals surface area contributed by atoms with Crippen molar-refractivity contribution in [2.24, 2.45) is 8.80 Å². The van der Waals surface area contributed by atoms with Gasteiger partial charge >= 0.3 is 0 Å². The fourth-order valence-corrected chi connectivity index (χ4v) is 0.364. The number of rotatable bonds is 2. The molecule has 40 valence electrons. The van der Waals surface area contributed by atoms with Gasteiger partial charge in [0, 0.05) is 12.4 Å². The second-order valence-electron chi connectivity index (χ2n) is 0.809. The van der Waals surface area contributed by atoms with Crippen molar-refractivity contribution in [2.75, 3.05) is 0 Å². The number of hydrogen-bond donors (Lipinski definition) is 0. The minimum atomic E-state index is 1.19. The van der Waals surface area contributed by atoms with E-state index in [0.29, 0.717) is 0 Å². The van der Waals surface area contributed by atoms with E-state index in [2.05, 4.69) is 8.80 Å². The summed E-state index contributed by atoms with van der Waals surface area (Å²) >= 11 is 1.19. The zero-order chi connectivity index (χ0) is 5.54. The molecule has 0 rings (SSSR count). The maximum absolute atomic E-state index is 3.76. The molecule has 0 amide bonds. The molecule has 3 heteroatoms. The van der Waals surface area contributed by atoms with Crippen molar-refractivity contribution in [3.63, 3.8) is 0 Å². The van der Waals surface area contributed by atoms with Crippen LogP contribution in [0.1, 0.15) is 13.8 Å². The van der Waals surface area contributed by atoms with Crippen LogP contribution in [0.5, 0.6) is 0 Å². The van der Waals surface area contributed by atoms with Crippen LogP contribution in [0.4, 0.5) is 0 Å². The highest BCUT2D eigenvalue weighted by molar-refractivity contribution is 7.96. The van der Waals surface area contributed by atoms with Crippen LogP contribution in [0, 0.1) is 0 Å². The highest BCUT2D eigenvalue weighted by atomic mass is 32.2. The summed E-state index contributed by atoms with van der Waals surface area (Å²) in [5.41, 5.74) is 0. The average Bonchev–Trinajstić information content (AvgIpc) is 1.69. The van der Waals surface area contributed by atoms with Gasteiger partial charge in [-0.1, -0.05) is 0 Å². The Kier molecular flexibility index (Phi) is 5.44. The Hall–Kier alpha value is -0.310. The first-order valence-electron chi connectivity index (χ1n) is 2.04. The molecule has 0 radical (unpaired) electrons. The smallest absolute Gasteiger partial charge is 0.114 e. The largest absolute Gasteiger partial charge is 0.206 e. The number of hydrogen-bond acceptors (Lipinski definition) is 3. The van der Waals surface area contributed by atoms with E-state index in [9.17, 15) is 0 Å². The molecular weight excluding hydrogens is 108 g/mol. The van der Waals surface area contributed by atoms with Crippen LogP contribution >= 0.6 is 12.1 Å². The summed E-state index contributed by atoms with van der Waals surface area (Å²) in [6, 6.07) is 0. The molecule has 0 heterocycles. The third kappa shape index (κ3) is 5.69. The van der Waals surface area contributed by atoms with E-state index in [4.69, 9.17) is 0 Å². The first-order valence-corrected chi connectivity index (χ1v) is 2.77. The maximum Gasteiger partial charge on any atom is 0.114 e. The van der Waals surface area contributed by atoms with Crippen LogP contribution in [-0.4, -0.2) is 12.4 Å². The predicted molar refractivity (Wildman–Crippen MR) is 35.9 cm³/mol. The Labute approximate surface area is 48.0 Å². The van der Waals surface area contributed by atoms with Crippen molar-refractivity contribution >= 4 is 24.6 Å². The highest BCUT2D eigenvalue weighted by Gasteiger charge is 1.62. The molecule has 0 saturated carbocycles. The minimum absolute atomic E-state index is 1.19. The molecule has 0 aliphatic heterocycles. The van der Waals surface area contributed by atoms with E-state index in [1.165, 1.54) is 12.1 Å². The van der Waals surface area contributed by atoms with Crippen LogP contribution < -0.4 is 0 Å². The van der Waals surface area contributed by atoms with E-state index < -0.39 is 0 Å². The third-order valence-electron chi connectivity index (χ3n) is 0.305. The zero-order valence-corrected chi connectivity index (χ0v) is 5.27. The summed E-state index contributed by atoms with van der Waals surface area (Å²) in [5.74, 6) is 0. The fraction of sp³-hybridized carbons (Fsp3) is 0.500. The van der Waals surface area contributed by atoms with E-state index in [-0.39, 0.29) is 0 Å². The molecule has 0 aromatic rings. The topological polar surface area (TPSA) is 24.7 Å². The van der Waals surface area contributed by atoms with Crippen molar-refractivity contribution in [2.45, 2.75) is 13.8 Å². The van der Waals surface area contributed by atoms with Gasteiger partial charge in [0.1, 0.15) is 12.1 Å². The molecule has 2 nitrogen and oxygen atoms in total. The van der Waals surface area contributed by atoms with Gasteiger partial charge in [0.25, 0.3) is 0 Å². The number of nitrogens with zero attached hydrogens (tertiary/aromatic N) is 2. The van der Waals surface area contributed by atoms with Crippen molar-refractivity contribution in [1.29, 1.82) is 0 Å². The molecule has 0 aliphatic rings. The summed E-state index contributed by atoms with van der Waals surface area (Å²) in [6.07, 6.45) is 3.41. The Morgan fingerprint density at radius 1 is 1.14 bits per heavy atom. The van der Waals surface area contributed by atoms with Gasteiger partial charge in [-0.2, -0.15) is 0 Å². The molecule has 0 unspecified atom stereocenters. The van der Waals surface area contributed by atoms with E-state index >= 15 is 0 Å². The Bertz CT molecular complexity index is 67.8. The molecule has 0 spiro atoms. The molecule has 0 fully saturated rings. The van der Waals surface area contributed by atoms with Crippen molar-refractivity contribution in [3.05, 3.63) is 0 Å². The van der Waals surface area contributed by atoms with E-state index in [1.54, 1.807) is 12.4 Å². The van der Waals surface area contributed by atoms with Gasteiger partial charge in [0.2, 0.25) is 0 Å². The molecule has 7 heavy (non-hydrogen) atoms.